The minimum absolute atomic E-state index is 0.0162. The van der Waals surface area contributed by atoms with Crippen LogP contribution in [0.15, 0.2) is 41.5 Å². The molecule has 1 N–H and O–H groups in total. The topological polar surface area (TPSA) is 86.0 Å². The summed E-state index contributed by atoms with van der Waals surface area (Å²) in [5.74, 6) is 1.06. The van der Waals surface area contributed by atoms with Crippen molar-refractivity contribution < 1.29 is 14.4 Å². The van der Waals surface area contributed by atoms with Gasteiger partial charge in [-0.25, -0.2) is 0 Å². The summed E-state index contributed by atoms with van der Waals surface area (Å²) in [4.78, 5) is 10.1. The summed E-state index contributed by atoms with van der Waals surface area (Å²) in [5.41, 5.74) is 4.04. The van der Waals surface area contributed by atoms with Gasteiger partial charge in [0.2, 0.25) is 0 Å². The molecule has 0 aliphatic rings. The number of nitro benzene ring substituents is 1. The molecule has 0 amide bonds. The average Bonchev–Trinajstić information content (AvgIpc) is 2.56. The van der Waals surface area contributed by atoms with Gasteiger partial charge in [0, 0.05) is 23.8 Å². The van der Waals surface area contributed by atoms with Crippen LogP contribution in [-0.4, -0.2) is 25.4 Å². The second-order valence-electron chi connectivity index (χ2n) is 4.40. The first kappa shape index (κ1) is 16.6. The number of non-ortho nitro benzene ring substituents is 1. The molecule has 0 radical (unpaired) electrons. The lowest BCUT2D eigenvalue weighted by Gasteiger charge is -2.09. The first-order chi connectivity index (χ1) is 11.0. The number of anilines is 1. The third-order valence-electron chi connectivity index (χ3n) is 2.98. The molecule has 0 unspecified atom stereocenters. The van der Waals surface area contributed by atoms with Gasteiger partial charge < -0.3 is 9.47 Å². The van der Waals surface area contributed by atoms with Gasteiger partial charge in [-0.1, -0.05) is 11.6 Å². The molecule has 0 aromatic heterocycles. The molecule has 120 valence electrons. The number of methoxy groups -OCH3 is 2. The zero-order chi connectivity index (χ0) is 16.8. The maximum atomic E-state index is 10.6. The zero-order valence-corrected chi connectivity index (χ0v) is 13.2. The highest BCUT2D eigenvalue weighted by Crippen LogP contribution is 2.32. The van der Waals surface area contributed by atoms with E-state index < -0.39 is 4.92 Å². The number of hydrogen-bond donors (Lipinski definition) is 1. The van der Waals surface area contributed by atoms with Crippen LogP contribution in [-0.2, 0) is 0 Å². The summed E-state index contributed by atoms with van der Waals surface area (Å²) < 4.78 is 10.4. The number of rotatable bonds is 6. The van der Waals surface area contributed by atoms with E-state index in [0.29, 0.717) is 27.8 Å². The molecule has 23 heavy (non-hydrogen) atoms. The van der Waals surface area contributed by atoms with Crippen LogP contribution in [0.2, 0.25) is 5.02 Å². The summed E-state index contributed by atoms with van der Waals surface area (Å²) in [5, 5.41) is 15.1. The monoisotopic (exact) mass is 335 g/mol. The number of halogens is 1. The summed E-state index contributed by atoms with van der Waals surface area (Å²) >= 11 is 6.14. The van der Waals surface area contributed by atoms with Crippen LogP contribution in [0.5, 0.6) is 11.5 Å². The quantitative estimate of drug-likeness (QED) is 0.494. The van der Waals surface area contributed by atoms with E-state index in [9.17, 15) is 10.1 Å². The Balaban J connectivity index is 2.12. The molecular formula is C15H14ClN3O4. The Hall–Kier alpha value is -2.80. The highest BCUT2D eigenvalue weighted by Gasteiger charge is 2.08. The Kier molecular flexibility index (Phi) is 5.37. The molecule has 7 nitrogen and oxygen atoms in total. The maximum absolute atomic E-state index is 10.6. The van der Waals surface area contributed by atoms with Crippen LogP contribution in [0.1, 0.15) is 5.56 Å². The molecule has 0 atom stereocenters. The van der Waals surface area contributed by atoms with Crippen molar-refractivity contribution in [3.8, 4) is 11.5 Å². The van der Waals surface area contributed by atoms with E-state index in [1.165, 1.54) is 32.6 Å². The highest BCUT2D eigenvalue weighted by atomic mass is 35.5. The number of nitrogens with one attached hydrogen (secondary N) is 1. The van der Waals surface area contributed by atoms with Gasteiger partial charge in [-0.05, 0) is 18.2 Å². The molecule has 2 aromatic carbocycles. The summed E-state index contributed by atoms with van der Waals surface area (Å²) in [6, 6.07) is 9.23. The van der Waals surface area contributed by atoms with Crippen LogP contribution in [0.4, 0.5) is 11.4 Å². The largest absolute Gasteiger partial charge is 0.493 e. The van der Waals surface area contributed by atoms with Gasteiger partial charge in [0.05, 0.1) is 36.1 Å². The molecule has 0 saturated carbocycles. The van der Waals surface area contributed by atoms with E-state index in [1.54, 1.807) is 24.3 Å². The van der Waals surface area contributed by atoms with Gasteiger partial charge >= 0.3 is 0 Å². The van der Waals surface area contributed by atoms with E-state index >= 15 is 0 Å². The Morgan fingerprint density at radius 3 is 2.35 bits per heavy atom. The molecule has 8 heteroatoms. The van der Waals surface area contributed by atoms with E-state index in [0.717, 1.165) is 0 Å². The number of ether oxygens (including phenoxy) is 2. The van der Waals surface area contributed by atoms with Crippen molar-refractivity contribution in [2.24, 2.45) is 5.10 Å². The maximum Gasteiger partial charge on any atom is 0.269 e. The number of nitrogens with zero attached hydrogens (tertiary/aromatic N) is 2. The first-order valence-electron chi connectivity index (χ1n) is 6.50. The van der Waals surface area contributed by atoms with E-state index in [4.69, 9.17) is 21.1 Å². The standard InChI is InChI=1S/C15H14ClN3O4/c1-22-14-7-10(13(16)8-15(14)23-2)9-17-18-11-3-5-12(6-4-11)19(20)21/h3-9,18H,1-2H3/b17-9+. The molecule has 0 bridgehead atoms. The SMILES string of the molecule is COc1cc(Cl)c(/C=N/Nc2ccc([N+](=O)[O-])cc2)cc1OC. The normalized spacial score (nSPS) is 10.6. The minimum Gasteiger partial charge on any atom is -0.493 e. The molecule has 0 aliphatic carbocycles. The molecule has 0 fully saturated rings. The third-order valence-corrected chi connectivity index (χ3v) is 3.31. The molecule has 2 rings (SSSR count). The molecule has 0 aliphatic heterocycles. The lowest BCUT2D eigenvalue weighted by Crippen LogP contribution is -1.95. The Morgan fingerprint density at radius 1 is 1.17 bits per heavy atom. The molecule has 2 aromatic rings. The van der Waals surface area contributed by atoms with Gasteiger partial charge in [0.1, 0.15) is 0 Å². The smallest absolute Gasteiger partial charge is 0.269 e. The lowest BCUT2D eigenvalue weighted by atomic mass is 10.2. The predicted molar refractivity (Wildman–Crippen MR) is 88.9 cm³/mol. The summed E-state index contributed by atoms with van der Waals surface area (Å²) in [6.07, 6.45) is 1.52. The van der Waals surface area contributed by atoms with Gasteiger partial charge in [-0.2, -0.15) is 5.10 Å². The van der Waals surface area contributed by atoms with E-state index in [2.05, 4.69) is 10.5 Å². The van der Waals surface area contributed by atoms with Crippen molar-refractivity contribution in [2.75, 3.05) is 19.6 Å². The zero-order valence-electron chi connectivity index (χ0n) is 12.4. The second kappa shape index (κ2) is 7.46. The predicted octanol–water partition coefficient (Wildman–Crippen LogP) is 3.71. The Bertz CT molecular complexity index is 732. The summed E-state index contributed by atoms with van der Waals surface area (Å²) in [7, 11) is 3.06. The number of nitro groups is 1. The van der Waals surface area contributed by atoms with Crippen molar-refractivity contribution in [3.63, 3.8) is 0 Å². The van der Waals surface area contributed by atoms with E-state index in [-0.39, 0.29) is 5.69 Å². The van der Waals surface area contributed by atoms with Crippen LogP contribution >= 0.6 is 11.6 Å². The first-order valence-corrected chi connectivity index (χ1v) is 6.88. The fourth-order valence-electron chi connectivity index (χ4n) is 1.80. The van der Waals surface area contributed by atoms with Crippen molar-refractivity contribution in [2.45, 2.75) is 0 Å². The fourth-order valence-corrected chi connectivity index (χ4v) is 2.01. The minimum atomic E-state index is -0.462. The van der Waals surface area contributed by atoms with Gasteiger partial charge in [0.25, 0.3) is 5.69 Å². The lowest BCUT2D eigenvalue weighted by molar-refractivity contribution is -0.384. The molecular weight excluding hydrogens is 322 g/mol. The number of hydrazone groups is 1. The summed E-state index contributed by atoms with van der Waals surface area (Å²) in [6.45, 7) is 0. The van der Waals surface area contributed by atoms with Crippen molar-refractivity contribution in [1.82, 2.24) is 0 Å². The van der Waals surface area contributed by atoms with Gasteiger partial charge in [-0.15, -0.1) is 0 Å². The number of hydrogen-bond acceptors (Lipinski definition) is 6. The van der Waals surface area contributed by atoms with Crippen LogP contribution in [0.25, 0.3) is 0 Å². The Labute approximate surface area is 137 Å². The third kappa shape index (κ3) is 4.10. The van der Waals surface area contributed by atoms with Gasteiger partial charge in [-0.3, -0.25) is 15.5 Å². The van der Waals surface area contributed by atoms with E-state index in [1.807, 2.05) is 0 Å². The highest BCUT2D eigenvalue weighted by molar-refractivity contribution is 6.33. The van der Waals surface area contributed by atoms with Crippen molar-refractivity contribution in [1.29, 1.82) is 0 Å². The number of benzene rings is 2. The van der Waals surface area contributed by atoms with Crippen molar-refractivity contribution in [3.05, 3.63) is 57.1 Å². The fraction of sp³-hybridized carbons (Fsp3) is 0.133. The van der Waals surface area contributed by atoms with Crippen molar-refractivity contribution >= 4 is 29.2 Å². The molecule has 0 heterocycles. The van der Waals surface area contributed by atoms with Crippen LogP contribution in [0.3, 0.4) is 0 Å². The average molecular weight is 336 g/mol. The van der Waals surface area contributed by atoms with Crippen LogP contribution in [0, 0.1) is 10.1 Å². The molecule has 0 saturated heterocycles. The Morgan fingerprint density at radius 2 is 1.78 bits per heavy atom. The van der Waals surface area contributed by atoms with Crippen LogP contribution < -0.4 is 14.9 Å². The molecule has 0 spiro atoms. The van der Waals surface area contributed by atoms with Gasteiger partial charge in [0.15, 0.2) is 11.5 Å². The second-order valence-corrected chi connectivity index (χ2v) is 4.81.